The van der Waals surface area contributed by atoms with Gasteiger partial charge in [-0.05, 0) is 65.1 Å². The monoisotopic (exact) mass is 498 g/mol. The zero-order chi connectivity index (χ0) is 24.7. The number of thiophene rings is 1. The summed E-state index contributed by atoms with van der Waals surface area (Å²) >= 11 is 1.59. The van der Waals surface area contributed by atoms with E-state index in [4.69, 9.17) is 4.74 Å². The lowest BCUT2D eigenvalue weighted by atomic mass is 9.91. The number of ether oxygens (including phenoxy) is 1. The maximum Gasteiger partial charge on any atom is 0.318 e. The maximum atomic E-state index is 13.6. The number of carbonyl (C=O) groups excluding carboxylic acids is 1. The van der Waals surface area contributed by atoms with Crippen LogP contribution in [0.15, 0.2) is 11.4 Å². The predicted octanol–water partition coefficient (Wildman–Crippen LogP) is 3.58. The number of H-pyrrole nitrogens is 1. The molecule has 35 heavy (non-hydrogen) atoms. The van der Waals surface area contributed by atoms with E-state index >= 15 is 0 Å². The number of rotatable bonds is 6. The van der Waals surface area contributed by atoms with Gasteiger partial charge >= 0.3 is 6.03 Å². The van der Waals surface area contributed by atoms with Gasteiger partial charge < -0.3 is 25.2 Å². The number of urea groups is 1. The lowest BCUT2D eigenvalue weighted by molar-refractivity contribution is 0.0489. The highest BCUT2D eigenvalue weighted by atomic mass is 32.1. The van der Waals surface area contributed by atoms with E-state index in [9.17, 15) is 4.79 Å². The van der Waals surface area contributed by atoms with E-state index in [1.165, 1.54) is 0 Å². The number of nitrogens with zero attached hydrogens (tertiary/aromatic N) is 5. The van der Waals surface area contributed by atoms with Crippen LogP contribution >= 0.6 is 11.3 Å². The van der Waals surface area contributed by atoms with Gasteiger partial charge in [-0.15, -0.1) is 11.3 Å². The molecule has 5 heterocycles. The number of fused-ring (bicyclic) bond motifs is 2. The molecule has 1 unspecified atom stereocenters. The van der Waals surface area contributed by atoms with Gasteiger partial charge in [-0.1, -0.05) is 0 Å². The third-order valence-electron chi connectivity index (χ3n) is 7.09. The first kappa shape index (κ1) is 24.0. The van der Waals surface area contributed by atoms with Crippen molar-refractivity contribution in [1.82, 2.24) is 35.3 Å². The van der Waals surface area contributed by atoms with Crippen LogP contribution in [-0.2, 0) is 16.8 Å². The summed E-state index contributed by atoms with van der Waals surface area (Å²) < 4.78 is 5.55. The molecule has 2 aliphatic heterocycles. The van der Waals surface area contributed by atoms with Gasteiger partial charge in [0.1, 0.15) is 16.5 Å². The summed E-state index contributed by atoms with van der Waals surface area (Å²) in [6.07, 6.45) is 1.93. The Morgan fingerprint density at radius 2 is 2.09 bits per heavy atom. The fraction of sp³-hybridized carbons (Fsp3) is 0.583. The second-order valence-corrected chi connectivity index (χ2v) is 11.1. The molecule has 0 saturated carbocycles. The first-order valence-corrected chi connectivity index (χ1v) is 13.0. The van der Waals surface area contributed by atoms with E-state index in [-0.39, 0.29) is 12.1 Å². The molecular formula is C24H34N8O2S. The fourth-order valence-electron chi connectivity index (χ4n) is 5.18. The van der Waals surface area contributed by atoms with Crippen molar-refractivity contribution in [2.45, 2.75) is 51.7 Å². The zero-order valence-electron chi connectivity index (χ0n) is 21.0. The predicted molar refractivity (Wildman–Crippen MR) is 137 cm³/mol. The van der Waals surface area contributed by atoms with Crippen molar-refractivity contribution in [1.29, 1.82) is 0 Å². The second kappa shape index (κ2) is 9.36. The summed E-state index contributed by atoms with van der Waals surface area (Å²) in [6, 6.07) is 2.03. The Bertz CT molecular complexity index is 1210. The number of aryl methyl sites for hydroxylation is 1. The minimum atomic E-state index is -0.524. The minimum absolute atomic E-state index is 0.0537. The van der Waals surface area contributed by atoms with Gasteiger partial charge in [0.25, 0.3) is 0 Å². The topological polar surface area (TPSA) is 111 Å². The van der Waals surface area contributed by atoms with E-state index in [1.54, 1.807) is 11.3 Å². The fourth-order valence-corrected chi connectivity index (χ4v) is 5.98. The van der Waals surface area contributed by atoms with E-state index in [0.29, 0.717) is 24.1 Å². The van der Waals surface area contributed by atoms with Gasteiger partial charge in [0.05, 0.1) is 23.2 Å². The van der Waals surface area contributed by atoms with Crippen LogP contribution in [0.1, 0.15) is 43.8 Å². The highest BCUT2D eigenvalue weighted by Crippen LogP contribution is 2.41. The van der Waals surface area contributed by atoms with E-state index in [1.807, 2.05) is 37.4 Å². The Hall–Kier alpha value is -2.76. The van der Waals surface area contributed by atoms with Crippen LogP contribution in [0, 0.1) is 12.8 Å². The van der Waals surface area contributed by atoms with Crippen molar-refractivity contribution in [2.24, 2.45) is 5.92 Å². The molecule has 3 aromatic heterocycles. The Labute approximate surface area is 209 Å². The molecule has 3 N–H and O–H groups in total. The summed E-state index contributed by atoms with van der Waals surface area (Å²) in [7, 11) is 4.10. The standard InChI is InChI=1S/C24H34N8O2S/c1-14-25-20(16-8-11-35-22(16)26-14)28-21-17-12-32(24(2,3)19(17)29-30-21)23(33)27-18(13-31(4)5)15-6-9-34-10-7-15/h8,11,15,18H,6-7,9-10,12-13H2,1-5H3,(H,27,33)(H2,25,26,28,29,30). The maximum absolute atomic E-state index is 13.6. The van der Waals surface area contributed by atoms with Gasteiger partial charge in [0, 0.05) is 31.4 Å². The van der Waals surface area contributed by atoms with Crippen molar-refractivity contribution in [3.05, 3.63) is 28.5 Å². The number of carbonyl (C=O) groups is 1. The molecule has 10 nitrogen and oxygen atoms in total. The van der Waals surface area contributed by atoms with Crippen molar-refractivity contribution in [3.63, 3.8) is 0 Å². The minimum Gasteiger partial charge on any atom is -0.381 e. The molecule has 0 radical (unpaired) electrons. The normalized spacial score (nSPS) is 18.7. The molecule has 1 atom stereocenters. The van der Waals surface area contributed by atoms with Gasteiger partial charge in [-0.3, -0.25) is 5.10 Å². The number of nitrogens with one attached hydrogen (secondary N) is 3. The van der Waals surface area contributed by atoms with Gasteiger partial charge in [-0.25, -0.2) is 14.8 Å². The quantitative estimate of drug-likeness (QED) is 0.476. The molecule has 5 rings (SSSR count). The van der Waals surface area contributed by atoms with Gasteiger partial charge in [0.2, 0.25) is 0 Å². The molecule has 188 valence electrons. The smallest absolute Gasteiger partial charge is 0.318 e. The molecule has 0 spiro atoms. The summed E-state index contributed by atoms with van der Waals surface area (Å²) in [5.74, 6) is 2.54. The van der Waals surface area contributed by atoms with Crippen LogP contribution in [-0.4, -0.2) is 75.9 Å². The average Bonchev–Trinajstić information content (AvgIpc) is 3.50. The number of hydrogen-bond donors (Lipinski definition) is 3. The summed E-state index contributed by atoms with van der Waals surface area (Å²) in [4.78, 5) is 27.7. The Kier molecular flexibility index (Phi) is 6.41. The Morgan fingerprint density at radius 1 is 1.31 bits per heavy atom. The molecule has 2 aliphatic rings. The average molecular weight is 499 g/mol. The number of aromatic nitrogens is 4. The molecule has 0 aliphatic carbocycles. The molecular weight excluding hydrogens is 464 g/mol. The summed E-state index contributed by atoms with van der Waals surface area (Å²) in [5.41, 5.74) is 1.40. The van der Waals surface area contributed by atoms with E-state index < -0.39 is 5.54 Å². The number of amides is 2. The third-order valence-corrected chi connectivity index (χ3v) is 7.90. The van der Waals surface area contributed by atoms with Crippen molar-refractivity contribution < 1.29 is 9.53 Å². The number of anilines is 2. The highest BCUT2D eigenvalue weighted by Gasteiger charge is 2.44. The van der Waals surface area contributed by atoms with Crippen LogP contribution in [0.4, 0.5) is 16.4 Å². The molecule has 0 bridgehead atoms. The highest BCUT2D eigenvalue weighted by molar-refractivity contribution is 7.16. The van der Waals surface area contributed by atoms with Crippen LogP contribution < -0.4 is 10.6 Å². The second-order valence-electron chi connectivity index (χ2n) is 10.2. The van der Waals surface area contributed by atoms with E-state index in [2.05, 4.69) is 49.5 Å². The first-order chi connectivity index (χ1) is 16.7. The lowest BCUT2D eigenvalue weighted by Gasteiger charge is -2.37. The summed E-state index contributed by atoms with van der Waals surface area (Å²) in [6.45, 7) is 8.77. The van der Waals surface area contributed by atoms with Crippen LogP contribution in [0.5, 0.6) is 0 Å². The van der Waals surface area contributed by atoms with Crippen LogP contribution in [0.2, 0.25) is 0 Å². The molecule has 3 aromatic rings. The summed E-state index contributed by atoms with van der Waals surface area (Å²) in [5, 5.41) is 17.5. The number of likely N-dealkylation sites (N-methyl/N-ethyl adjacent to an activating group) is 1. The van der Waals surface area contributed by atoms with E-state index in [0.717, 1.165) is 59.9 Å². The SMILES string of the molecule is Cc1nc(Nc2n[nH]c3c2CN(C(=O)NC(CN(C)C)C2CCOCC2)C3(C)C)c2ccsc2n1. The molecule has 0 aromatic carbocycles. The molecule has 1 saturated heterocycles. The number of aromatic amines is 1. The van der Waals surface area contributed by atoms with Crippen molar-refractivity contribution in [3.8, 4) is 0 Å². The lowest BCUT2D eigenvalue weighted by Crippen LogP contribution is -2.54. The van der Waals surface area contributed by atoms with Crippen LogP contribution in [0.3, 0.4) is 0 Å². The Balaban J connectivity index is 1.36. The first-order valence-electron chi connectivity index (χ1n) is 12.1. The molecule has 2 amide bonds. The molecule has 1 fully saturated rings. The Morgan fingerprint density at radius 3 is 2.83 bits per heavy atom. The van der Waals surface area contributed by atoms with Gasteiger partial charge in [-0.2, -0.15) is 5.10 Å². The van der Waals surface area contributed by atoms with Crippen molar-refractivity contribution in [2.75, 3.05) is 39.2 Å². The zero-order valence-corrected chi connectivity index (χ0v) is 21.8. The third kappa shape index (κ3) is 4.60. The number of hydrogen-bond acceptors (Lipinski definition) is 8. The van der Waals surface area contributed by atoms with Gasteiger partial charge in [0.15, 0.2) is 5.82 Å². The molecule has 11 heteroatoms. The van der Waals surface area contributed by atoms with Crippen molar-refractivity contribution >= 4 is 39.2 Å². The largest absolute Gasteiger partial charge is 0.381 e. The van der Waals surface area contributed by atoms with Crippen LogP contribution in [0.25, 0.3) is 10.2 Å².